The van der Waals surface area contributed by atoms with E-state index in [0.717, 1.165) is 36.7 Å². The van der Waals surface area contributed by atoms with Crippen molar-refractivity contribution >= 4 is 45.0 Å². The van der Waals surface area contributed by atoms with E-state index in [1.807, 2.05) is 24.3 Å². The summed E-state index contributed by atoms with van der Waals surface area (Å²) < 4.78 is 22.5. The molecule has 2 bridgehead atoms. The monoisotopic (exact) mass is 547 g/mol. The minimum Gasteiger partial charge on any atom is -0.508 e. The van der Waals surface area contributed by atoms with Gasteiger partial charge in [-0.1, -0.05) is 35.9 Å². The van der Waals surface area contributed by atoms with Crippen LogP contribution in [0.2, 0.25) is 5.02 Å². The molecule has 39 heavy (non-hydrogen) atoms. The van der Waals surface area contributed by atoms with Crippen molar-refractivity contribution in [3.8, 4) is 22.9 Å². The van der Waals surface area contributed by atoms with E-state index in [-0.39, 0.29) is 46.4 Å². The molecule has 0 aliphatic carbocycles. The fourth-order valence-corrected chi connectivity index (χ4v) is 6.46. The molecule has 0 spiro atoms. The Kier molecular flexibility index (Phi) is 5.93. The van der Waals surface area contributed by atoms with Gasteiger partial charge in [0.05, 0.1) is 11.1 Å². The summed E-state index contributed by atoms with van der Waals surface area (Å²) in [6.07, 6.45) is 3.28. The third-order valence-corrected chi connectivity index (χ3v) is 8.27. The summed E-state index contributed by atoms with van der Waals surface area (Å²) in [5.41, 5.74) is 0.741. The van der Waals surface area contributed by atoms with E-state index in [9.17, 15) is 9.90 Å². The number of phenols is 1. The van der Waals surface area contributed by atoms with Crippen LogP contribution in [0.25, 0.3) is 32.8 Å². The van der Waals surface area contributed by atoms with E-state index in [1.54, 1.807) is 12.1 Å². The highest BCUT2D eigenvalue weighted by Crippen LogP contribution is 2.42. The number of carbonyl (C=O) groups excluding carboxylic acids is 1. The number of hydrogen-bond donors (Lipinski definition) is 3. The van der Waals surface area contributed by atoms with E-state index in [4.69, 9.17) is 21.3 Å². The number of hydrogen-bond acceptors (Lipinski definition) is 7. The average Bonchev–Trinajstić information content (AvgIpc) is 3.50. The number of halogens is 2. The van der Waals surface area contributed by atoms with Crippen LogP contribution in [-0.4, -0.2) is 58.8 Å². The van der Waals surface area contributed by atoms with Crippen molar-refractivity contribution in [2.24, 2.45) is 0 Å². The van der Waals surface area contributed by atoms with Gasteiger partial charge in [0.2, 0.25) is 5.91 Å². The van der Waals surface area contributed by atoms with E-state index in [0.29, 0.717) is 41.7 Å². The molecule has 2 unspecified atom stereocenters. The Hall–Kier alpha value is -3.69. The number of nitrogens with zero attached hydrogens (tertiary/aromatic N) is 3. The number of rotatable bonds is 5. The number of piperazine rings is 1. The van der Waals surface area contributed by atoms with Crippen LogP contribution in [0.4, 0.5) is 10.2 Å². The standard InChI is InChI=1S/C29H27ClFN5O3/c30-23-11-22-27(26(31)25(23)21-10-19(37)9-15-3-1-2-4-20(15)21)34-29(39-14-18-7-8-24(38)33-18)35-28(22)36-12-16-5-6-17(13-36)32-16/h1-4,9-11,16-18,32,37H,5-8,12-14H2,(H,33,38)/t16?,17?,18-/m0/s1. The molecular formula is C29H27ClFN5O3. The Balaban J connectivity index is 1.38. The van der Waals surface area contributed by atoms with Crippen LogP contribution in [-0.2, 0) is 4.79 Å². The van der Waals surface area contributed by atoms with E-state index < -0.39 is 5.82 Å². The lowest BCUT2D eigenvalue weighted by Gasteiger charge is -2.34. The summed E-state index contributed by atoms with van der Waals surface area (Å²) in [5, 5.41) is 19.2. The van der Waals surface area contributed by atoms with Gasteiger partial charge >= 0.3 is 6.01 Å². The Labute approximate surface area is 229 Å². The molecule has 4 aromatic rings. The van der Waals surface area contributed by atoms with Crippen molar-refractivity contribution in [1.29, 1.82) is 0 Å². The number of anilines is 1. The highest BCUT2D eigenvalue weighted by atomic mass is 35.5. The number of ether oxygens (including phenoxy) is 1. The molecule has 7 rings (SSSR count). The van der Waals surface area contributed by atoms with Gasteiger partial charge < -0.3 is 25.4 Å². The van der Waals surface area contributed by atoms with Gasteiger partial charge in [-0.2, -0.15) is 9.97 Å². The van der Waals surface area contributed by atoms with Crippen LogP contribution < -0.4 is 20.3 Å². The molecular weight excluding hydrogens is 521 g/mol. The number of phenolic OH excluding ortho intramolecular Hbond substituents is 1. The molecule has 10 heteroatoms. The molecule has 3 aliphatic heterocycles. The predicted octanol–water partition coefficient (Wildman–Crippen LogP) is 4.55. The molecule has 3 atom stereocenters. The highest BCUT2D eigenvalue weighted by molar-refractivity contribution is 6.35. The van der Waals surface area contributed by atoms with Crippen molar-refractivity contribution < 1.29 is 19.0 Å². The Morgan fingerprint density at radius 2 is 1.87 bits per heavy atom. The van der Waals surface area contributed by atoms with Crippen LogP contribution in [0.5, 0.6) is 11.8 Å². The fraction of sp³-hybridized carbons (Fsp3) is 0.345. The molecule has 3 aliphatic rings. The van der Waals surface area contributed by atoms with Crippen LogP contribution in [0.1, 0.15) is 25.7 Å². The maximum atomic E-state index is 16.6. The van der Waals surface area contributed by atoms with Gasteiger partial charge in [-0.05, 0) is 53.8 Å². The second-order valence-electron chi connectivity index (χ2n) is 10.6. The van der Waals surface area contributed by atoms with E-state index in [1.165, 1.54) is 6.07 Å². The number of aromatic nitrogens is 2. The van der Waals surface area contributed by atoms with Crippen molar-refractivity contribution in [2.45, 2.75) is 43.8 Å². The molecule has 3 saturated heterocycles. The third kappa shape index (κ3) is 4.39. The van der Waals surface area contributed by atoms with Gasteiger partial charge in [0.1, 0.15) is 23.7 Å². The van der Waals surface area contributed by atoms with Gasteiger partial charge in [0.25, 0.3) is 0 Å². The van der Waals surface area contributed by atoms with Gasteiger partial charge in [-0.15, -0.1) is 0 Å². The molecule has 1 amide bonds. The van der Waals surface area contributed by atoms with Crippen LogP contribution in [0, 0.1) is 5.82 Å². The number of amides is 1. The number of fused-ring (bicyclic) bond motifs is 4. The zero-order chi connectivity index (χ0) is 26.7. The Morgan fingerprint density at radius 1 is 1.08 bits per heavy atom. The van der Waals surface area contributed by atoms with Crippen LogP contribution >= 0.6 is 11.6 Å². The minimum absolute atomic E-state index is 0.0105. The normalized spacial score (nSPS) is 22.6. The highest BCUT2D eigenvalue weighted by Gasteiger charge is 2.34. The van der Waals surface area contributed by atoms with Crippen molar-refractivity contribution in [3.63, 3.8) is 0 Å². The number of benzene rings is 3. The summed E-state index contributed by atoms with van der Waals surface area (Å²) in [4.78, 5) is 23.0. The summed E-state index contributed by atoms with van der Waals surface area (Å²) in [5.74, 6) is -0.0174. The van der Waals surface area contributed by atoms with Gasteiger partial charge in [-0.25, -0.2) is 4.39 Å². The zero-order valence-electron chi connectivity index (χ0n) is 21.1. The number of aromatic hydroxyl groups is 1. The van der Waals surface area contributed by atoms with E-state index in [2.05, 4.69) is 20.5 Å². The van der Waals surface area contributed by atoms with Crippen LogP contribution in [0.3, 0.4) is 0 Å². The first-order valence-corrected chi connectivity index (χ1v) is 13.7. The molecule has 0 radical (unpaired) electrons. The second-order valence-corrected chi connectivity index (χ2v) is 11.1. The summed E-state index contributed by atoms with van der Waals surface area (Å²) in [6.45, 7) is 1.67. The van der Waals surface area contributed by atoms with E-state index >= 15 is 4.39 Å². The van der Waals surface area contributed by atoms with Crippen molar-refractivity contribution in [3.05, 3.63) is 53.3 Å². The molecule has 8 nitrogen and oxygen atoms in total. The fourth-order valence-electron chi connectivity index (χ4n) is 6.16. The van der Waals surface area contributed by atoms with Crippen LogP contribution in [0.15, 0.2) is 42.5 Å². The smallest absolute Gasteiger partial charge is 0.319 e. The quantitative estimate of drug-likeness (QED) is 0.337. The average molecular weight is 548 g/mol. The van der Waals surface area contributed by atoms with Crippen molar-refractivity contribution in [1.82, 2.24) is 20.6 Å². The van der Waals surface area contributed by atoms with Gasteiger partial charge in [-0.3, -0.25) is 4.79 Å². The molecule has 4 heterocycles. The molecule has 3 fully saturated rings. The SMILES string of the molecule is O=C1CC[C@@H](COc2nc(N3CC4CCC(C3)N4)c3cc(Cl)c(-c4cc(O)cc5ccccc45)c(F)c3n2)N1. The first-order chi connectivity index (χ1) is 18.9. The molecule has 3 N–H and O–H groups in total. The summed E-state index contributed by atoms with van der Waals surface area (Å²) in [6, 6.07) is 12.9. The lowest BCUT2D eigenvalue weighted by molar-refractivity contribution is -0.119. The molecule has 1 aromatic heterocycles. The van der Waals surface area contributed by atoms with Gasteiger partial charge in [0, 0.05) is 42.5 Å². The molecule has 0 saturated carbocycles. The molecule has 200 valence electrons. The zero-order valence-corrected chi connectivity index (χ0v) is 21.8. The third-order valence-electron chi connectivity index (χ3n) is 7.97. The Morgan fingerprint density at radius 3 is 2.64 bits per heavy atom. The second kappa shape index (κ2) is 9.50. The van der Waals surface area contributed by atoms with Crippen molar-refractivity contribution in [2.75, 3.05) is 24.6 Å². The topological polar surface area (TPSA) is 99.6 Å². The summed E-state index contributed by atoms with van der Waals surface area (Å²) >= 11 is 6.80. The number of nitrogens with one attached hydrogen (secondary N) is 2. The molecule has 3 aromatic carbocycles. The Bertz CT molecular complexity index is 1620. The number of carbonyl (C=O) groups is 1. The minimum atomic E-state index is -0.603. The maximum Gasteiger partial charge on any atom is 0.319 e. The predicted molar refractivity (Wildman–Crippen MR) is 148 cm³/mol. The maximum absolute atomic E-state index is 16.6. The first-order valence-electron chi connectivity index (χ1n) is 13.3. The lowest BCUT2D eigenvalue weighted by atomic mass is 9.96. The largest absolute Gasteiger partial charge is 0.508 e. The van der Waals surface area contributed by atoms with Gasteiger partial charge in [0.15, 0.2) is 5.82 Å². The first kappa shape index (κ1) is 24.4. The summed E-state index contributed by atoms with van der Waals surface area (Å²) in [7, 11) is 0. The lowest BCUT2D eigenvalue weighted by Crippen LogP contribution is -2.51.